The number of aromatic hydroxyl groups is 1. The number of phenols is 1. The van der Waals surface area contributed by atoms with Crippen molar-refractivity contribution in [2.75, 3.05) is 0 Å². The van der Waals surface area contributed by atoms with E-state index in [4.69, 9.17) is 0 Å². The molecule has 0 aliphatic heterocycles. The molecule has 0 radical (unpaired) electrons. The van der Waals surface area contributed by atoms with E-state index in [0.717, 1.165) is 30.4 Å². The van der Waals surface area contributed by atoms with Gasteiger partial charge in [-0.3, -0.25) is 0 Å². The van der Waals surface area contributed by atoms with Crippen LogP contribution in [0.1, 0.15) is 82.4 Å². The van der Waals surface area contributed by atoms with Gasteiger partial charge in [-0.15, -0.1) is 6.58 Å². The largest absolute Gasteiger partial charge is 0.507 e. The monoisotopic (exact) mass is 312 g/mol. The van der Waals surface area contributed by atoms with Gasteiger partial charge in [0, 0.05) is 11.5 Å². The summed E-state index contributed by atoms with van der Waals surface area (Å²) in [4.78, 5) is 0. The Morgan fingerprint density at radius 1 is 1.22 bits per heavy atom. The smallest absolute Gasteiger partial charge is 0.122 e. The minimum atomic E-state index is 0.135. The van der Waals surface area contributed by atoms with E-state index in [1.54, 1.807) is 0 Å². The maximum absolute atomic E-state index is 10.8. The Balaban J connectivity index is 3.49. The highest BCUT2D eigenvalue weighted by Crippen LogP contribution is 2.38. The second-order valence-corrected chi connectivity index (χ2v) is 6.27. The van der Waals surface area contributed by atoms with Gasteiger partial charge < -0.3 is 5.11 Å². The maximum Gasteiger partial charge on any atom is 0.122 e. The van der Waals surface area contributed by atoms with Crippen molar-refractivity contribution in [3.05, 3.63) is 59.7 Å². The predicted octanol–water partition coefficient (Wildman–Crippen LogP) is 6.95. The van der Waals surface area contributed by atoms with Crippen LogP contribution in [0.5, 0.6) is 5.75 Å². The molecule has 0 aliphatic rings. The molecule has 0 heterocycles. The fourth-order valence-corrected chi connectivity index (χ4v) is 2.89. The van der Waals surface area contributed by atoms with Crippen molar-refractivity contribution in [3.63, 3.8) is 0 Å². The standard InChI is InChI=1S/C22H32O/c1-7-11-13-18(10-4)19-14-20(16(5)9-3)22(23)21(15-19)17(6)12-8-2/h9-11,13-17,23H,3,7-8,12H2,1-2,4-6H3/b13-11-,18-10+/t16-,17-/m1/s1. The van der Waals surface area contributed by atoms with Gasteiger partial charge in [0.25, 0.3) is 0 Å². The summed E-state index contributed by atoms with van der Waals surface area (Å²) in [6, 6.07) is 4.27. The van der Waals surface area contributed by atoms with Gasteiger partial charge in [0.2, 0.25) is 0 Å². The number of allylic oxidation sites excluding steroid dienone is 5. The number of hydrogen-bond donors (Lipinski definition) is 1. The molecule has 23 heavy (non-hydrogen) atoms. The first-order chi connectivity index (χ1) is 11.0. The van der Waals surface area contributed by atoms with Crippen molar-refractivity contribution in [3.8, 4) is 5.75 Å². The van der Waals surface area contributed by atoms with Crippen molar-refractivity contribution in [1.29, 1.82) is 0 Å². The summed E-state index contributed by atoms with van der Waals surface area (Å²) in [6.45, 7) is 14.6. The van der Waals surface area contributed by atoms with E-state index < -0.39 is 0 Å². The van der Waals surface area contributed by atoms with E-state index in [1.165, 1.54) is 11.1 Å². The van der Waals surface area contributed by atoms with Gasteiger partial charge in [-0.2, -0.15) is 0 Å². The SMILES string of the molecule is C=C[C@@H](C)c1cc(C(/C=C\CC)=C/C)cc([C@H](C)CCC)c1O. The van der Waals surface area contributed by atoms with Gasteiger partial charge in [-0.25, -0.2) is 0 Å². The molecule has 1 aromatic rings. The van der Waals surface area contributed by atoms with Crippen molar-refractivity contribution >= 4 is 5.57 Å². The second kappa shape index (κ2) is 9.39. The highest BCUT2D eigenvalue weighted by molar-refractivity contribution is 5.75. The summed E-state index contributed by atoms with van der Waals surface area (Å²) in [5.74, 6) is 0.928. The average molecular weight is 312 g/mol. The molecule has 0 saturated carbocycles. The van der Waals surface area contributed by atoms with Gasteiger partial charge >= 0.3 is 0 Å². The molecular weight excluding hydrogens is 280 g/mol. The first kappa shape index (κ1) is 19.3. The lowest BCUT2D eigenvalue weighted by Gasteiger charge is -2.20. The molecule has 0 saturated heterocycles. The van der Waals surface area contributed by atoms with E-state index in [-0.39, 0.29) is 5.92 Å². The van der Waals surface area contributed by atoms with E-state index in [1.807, 2.05) is 6.08 Å². The van der Waals surface area contributed by atoms with Crippen molar-refractivity contribution in [1.82, 2.24) is 0 Å². The topological polar surface area (TPSA) is 20.2 Å². The number of hydrogen-bond acceptors (Lipinski definition) is 1. The Kier molecular flexibility index (Phi) is 7.88. The third-order valence-electron chi connectivity index (χ3n) is 4.44. The molecule has 1 aromatic carbocycles. The molecule has 0 unspecified atom stereocenters. The summed E-state index contributed by atoms with van der Waals surface area (Å²) < 4.78 is 0. The summed E-state index contributed by atoms with van der Waals surface area (Å²) in [6.07, 6.45) is 11.6. The van der Waals surface area contributed by atoms with Crippen LogP contribution in [0.15, 0.2) is 43.0 Å². The second-order valence-electron chi connectivity index (χ2n) is 6.27. The first-order valence-electron chi connectivity index (χ1n) is 8.82. The van der Waals surface area contributed by atoms with E-state index in [2.05, 4.69) is 71.6 Å². The zero-order valence-corrected chi connectivity index (χ0v) is 15.4. The third-order valence-corrected chi connectivity index (χ3v) is 4.44. The van der Waals surface area contributed by atoms with E-state index in [0.29, 0.717) is 11.7 Å². The molecule has 2 atom stereocenters. The van der Waals surface area contributed by atoms with Gasteiger partial charge in [-0.1, -0.05) is 58.4 Å². The Morgan fingerprint density at radius 2 is 1.87 bits per heavy atom. The van der Waals surface area contributed by atoms with Crippen molar-refractivity contribution in [2.45, 2.75) is 65.7 Å². The minimum absolute atomic E-state index is 0.135. The average Bonchev–Trinajstić information content (AvgIpc) is 2.55. The number of phenolic OH excluding ortho intramolecular Hbond substituents is 1. The lowest BCUT2D eigenvalue weighted by Crippen LogP contribution is -2.01. The first-order valence-corrected chi connectivity index (χ1v) is 8.82. The molecule has 0 amide bonds. The fraction of sp³-hybridized carbons (Fsp3) is 0.455. The van der Waals surface area contributed by atoms with Gasteiger partial charge in [0.05, 0.1) is 0 Å². The van der Waals surface area contributed by atoms with Crippen LogP contribution in [0.2, 0.25) is 0 Å². The highest BCUT2D eigenvalue weighted by Gasteiger charge is 2.18. The summed E-state index contributed by atoms with van der Waals surface area (Å²) in [5.41, 5.74) is 4.41. The quantitative estimate of drug-likeness (QED) is 0.406. The highest BCUT2D eigenvalue weighted by atomic mass is 16.3. The molecule has 1 heteroatoms. The van der Waals surface area contributed by atoms with Crippen LogP contribution >= 0.6 is 0 Å². The Morgan fingerprint density at radius 3 is 2.39 bits per heavy atom. The van der Waals surface area contributed by atoms with Crippen molar-refractivity contribution in [2.24, 2.45) is 0 Å². The Bertz CT molecular complexity index is 578. The maximum atomic E-state index is 10.8. The fourth-order valence-electron chi connectivity index (χ4n) is 2.89. The lowest BCUT2D eigenvalue weighted by atomic mass is 9.86. The molecule has 1 N–H and O–H groups in total. The van der Waals surface area contributed by atoms with Crippen LogP contribution in [0.25, 0.3) is 5.57 Å². The minimum Gasteiger partial charge on any atom is -0.507 e. The molecule has 1 rings (SSSR count). The molecule has 0 aliphatic carbocycles. The summed E-state index contributed by atoms with van der Waals surface area (Å²) in [7, 11) is 0. The molecule has 0 spiro atoms. The summed E-state index contributed by atoms with van der Waals surface area (Å²) >= 11 is 0. The molecular formula is C22H32O. The van der Waals surface area contributed by atoms with Crippen LogP contribution in [0.3, 0.4) is 0 Å². The molecule has 0 aromatic heterocycles. The Labute approximate surface area is 142 Å². The van der Waals surface area contributed by atoms with Gasteiger partial charge in [-0.05, 0) is 54.5 Å². The number of benzene rings is 1. The molecule has 126 valence electrons. The van der Waals surface area contributed by atoms with Crippen LogP contribution in [0, 0.1) is 0 Å². The summed E-state index contributed by atoms with van der Waals surface area (Å²) in [5, 5.41) is 10.8. The zero-order valence-electron chi connectivity index (χ0n) is 15.4. The molecule has 1 nitrogen and oxygen atoms in total. The van der Waals surface area contributed by atoms with Crippen LogP contribution in [0.4, 0.5) is 0 Å². The Hall–Kier alpha value is -1.76. The normalized spacial score (nSPS) is 14.9. The van der Waals surface area contributed by atoms with Crippen LogP contribution in [-0.2, 0) is 0 Å². The van der Waals surface area contributed by atoms with Gasteiger partial charge in [0.15, 0.2) is 0 Å². The zero-order chi connectivity index (χ0) is 17.4. The van der Waals surface area contributed by atoms with E-state index in [9.17, 15) is 5.11 Å². The van der Waals surface area contributed by atoms with Gasteiger partial charge in [0.1, 0.15) is 5.75 Å². The van der Waals surface area contributed by atoms with Crippen LogP contribution < -0.4 is 0 Å². The van der Waals surface area contributed by atoms with Crippen molar-refractivity contribution < 1.29 is 5.11 Å². The molecule has 0 fully saturated rings. The predicted molar refractivity (Wildman–Crippen MR) is 103 cm³/mol. The number of rotatable bonds is 8. The lowest BCUT2D eigenvalue weighted by molar-refractivity contribution is 0.451. The third kappa shape index (κ3) is 4.86. The van der Waals surface area contributed by atoms with Crippen LogP contribution in [-0.4, -0.2) is 5.11 Å². The molecule has 0 bridgehead atoms. The van der Waals surface area contributed by atoms with E-state index >= 15 is 0 Å².